The first-order chi connectivity index (χ1) is 9.45. The largest absolute Gasteiger partial charge is 0.492 e. The van der Waals surface area contributed by atoms with Gasteiger partial charge in [-0.15, -0.1) is 0 Å². The van der Waals surface area contributed by atoms with Crippen molar-refractivity contribution in [1.82, 2.24) is 9.55 Å². The maximum Gasteiger partial charge on any atom is 0.281 e. The molecule has 0 fully saturated rings. The summed E-state index contributed by atoms with van der Waals surface area (Å²) in [6, 6.07) is 6.79. The van der Waals surface area contributed by atoms with Crippen LogP contribution in [-0.2, 0) is 17.1 Å². The summed E-state index contributed by atoms with van der Waals surface area (Å²) in [5.41, 5.74) is 5.95. The molecule has 0 unspecified atom stereocenters. The van der Waals surface area contributed by atoms with Gasteiger partial charge in [-0.3, -0.25) is 4.72 Å². The summed E-state index contributed by atoms with van der Waals surface area (Å²) in [5, 5.41) is -0.0798. The predicted octanol–water partition coefficient (Wildman–Crippen LogP) is 1.20. The predicted molar refractivity (Wildman–Crippen MR) is 76.0 cm³/mol. The highest BCUT2D eigenvalue weighted by Gasteiger charge is 2.23. The van der Waals surface area contributed by atoms with E-state index < -0.39 is 10.0 Å². The number of nitrogen functional groups attached to an aromatic ring is 1. The van der Waals surface area contributed by atoms with Gasteiger partial charge in [-0.2, -0.15) is 8.42 Å². The molecule has 108 valence electrons. The molecule has 1 aromatic carbocycles. The highest BCUT2D eigenvalue weighted by atomic mass is 32.2. The Labute approximate surface area is 117 Å². The number of nitrogens with zero attached hydrogens (tertiary/aromatic N) is 2. The zero-order valence-electron chi connectivity index (χ0n) is 11.2. The molecule has 1 aromatic heterocycles. The van der Waals surface area contributed by atoms with Gasteiger partial charge in [0, 0.05) is 7.05 Å². The lowest BCUT2D eigenvalue weighted by Crippen LogP contribution is -2.18. The Hall–Kier alpha value is -2.22. The molecule has 1 heterocycles. The van der Waals surface area contributed by atoms with Crippen molar-refractivity contribution in [2.75, 3.05) is 17.1 Å². The van der Waals surface area contributed by atoms with Crippen molar-refractivity contribution in [2.24, 2.45) is 7.05 Å². The van der Waals surface area contributed by atoms with E-state index in [-0.39, 0.29) is 10.8 Å². The number of nitrogens with one attached hydrogen (secondary N) is 1. The van der Waals surface area contributed by atoms with Crippen LogP contribution < -0.4 is 15.2 Å². The van der Waals surface area contributed by atoms with Gasteiger partial charge >= 0.3 is 0 Å². The molecule has 0 saturated heterocycles. The summed E-state index contributed by atoms with van der Waals surface area (Å²) in [4.78, 5) is 3.77. The molecule has 0 aliphatic carbocycles. The minimum Gasteiger partial charge on any atom is -0.492 e. The first kappa shape index (κ1) is 14.2. The Balaban J connectivity index is 2.39. The maximum absolute atomic E-state index is 12.4. The second-order valence-electron chi connectivity index (χ2n) is 4.08. The van der Waals surface area contributed by atoms with Crippen LogP contribution in [0.15, 0.2) is 35.6 Å². The van der Waals surface area contributed by atoms with Crippen LogP contribution >= 0.6 is 0 Å². The maximum atomic E-state index is 12.4. The highest BCUT2D eigenvalue weighted by Crippen LogP contribution is 2.27. The number of aryl methyl sites for hydroxylation is 1. The zero-order chi connectivity index (χ0) is 14.8. The summed E-state index contributed by atoms with van der Waals surface area (Å²) >= 11 is 0. The van der Waals surface area contributed by atoms with Gasteiger partial charge in [0.1, 0.15) is 5.75 Å². The topological polar surface area (TPSA) is 99.2 Å². The number of benzene rings is 1. The van der Waals surface area contributed by atoms with Gasteiger partial charge in [-0.1, -0.05) is 12.1 Å². The first-order valence-electron chi connectivity index (χ1n) is 5.97. The van der Waals surface area contributed by atoms with Crippen molar-refractivity contribution in [3.05, 3.63) is 30.6 Å². The smallest absolute Gasteiger partial charge is 0.281 e. The number of nitrogens with two attached hydrogens (primary N) is 1. The molecule has 8 heteroatoms. The van der Waals surface area contributed by atoms with Crippen LogP contribution in [0.1, 0.15) is 6.92 Å². The van der Waals surface area contributed by atoms with E-state index in [4.69, 9.17) is 10.5 Å². The second-order valence-corrected chi connectivity index (χ2v) is 5.68. The fourth-order valence-corrected chi connectivity index (χ4v) is 3.10. The van der Waals surface area contributed by atoms with Crippen LogP contribution in [0, 0.1) is 0 Å². The molecule has 0 aliphatic rings. The Morgan fingerprint density at radius 1 is 1.40 bits per heavy atom. The molecule has 0 bridgehead atoms. The van der Waals surface area contributed by atoms with E-state index in [9.17, 15) is 8.42 Å². The number of imidazole rings is 1. The van der Waals surface area contributed by atoms with Crippen molar-refractivity contribution in [2.45, 2.75) is 11.9 Å². The molecule has 0 saturated carbocycles. The second kappa shape index (κ2) is 5.41. The molecule has 0 radical (unpaired) electrons. The van der Waals surface area contributed by atoms with Crippen molar-refractivity contribution in [3.8, 4) is 5.75 Å². The zero-order valence-corrected chi connectivity index (χ0v) is 12.0. The van der Waals surface area contributed by atoms with Gasteiger partial charge in [0.15, 0.2) is 10.8 Å². The Morgan fingerprint density at radius 2 is 2.10 bits per heavy atom. The summed E-state index contributed by atoms with van der Waals surface area (Å²) in [6.45, 7) is 2.26. The SMILES string of the molecule is CCOc1ccccc1NS(=O)(=O)c1c(N)ncn1C. The summed E-state index contributed by atoms with van der Waals surface area (Å²) in [5.74, 6) is 0.410. The molecular weight excluding hydrogens is 280 g/mol. The van der Waals surface area contributed by atoms with Crippen molar-refractivity contribution < 1.29 is 13.2 Å². The normalized spacial score (nSPS) is 11.3. The minimum absolute atomic E-state index is 0.0473. The number of ether oxygens (including phenoxy) is 1. The fourth-order valence-electron chi connectivity index (χ4n) is 1.79. The molecule has 0 atom stereocenters. The van der Waals surface area contributed by atoms with E-state index in [1.54, 1.807) is 31.3 Å². The molecule has 3 N–H and O–H groups in total. The quantitative estimate of drug-likeness (QED) is 0.863. The third-order valence-corrected chi connectivity index (χ3v) is 4.09. The van der Waals surface area contributed by atoms with Gasteiger partial charge in [-0.05, 0) is 19.1 Å². The average Bonchev–Trinajstić information content (AvgIpc) is 2.72. The molecule has 2 rings (SSSR count). The third-order valence-electron chi connectivity index (χ3n) is 2.60. The minimum atomic E-state index is -3.83. The van der Waals surface area contributed by atoms with Crippen LogP contribution in [0.3, 0.4) is 0 Å². The lowest BCUT2D eigenvalue weighted by molar-refractivity contribution is 0.342. The van der Waals surface area contributed by atoms with Crippen LogP contribution in [0.5, 0.6) is 5.75 Å². The number of hydrogen-bond acceptors (Lipinski definition) is 5. The van der Waals surface area contributed by atoms with E-state index >= 15 is 0 Å². The van der Waals surface area contributed by atoms with Crippen molar-refractivity contribution in [3.63, 3.8) is 0 Å². The summed E-state index contributed by atoms with van der Waals surface area (Å²) < 4.78 is 33.9. The number of hydrogen-bond donors (Lipinski definition) is 2. The lowest BCUT2D eigenvalue weighted by Gasteiger charge is -2.13. The van der Waals surface area contributed by atoms with Gasteiger partial charge < -0.3 is 15.0 Å². The Morgan fingerprint density at radius 3 is 2.70 bits per heavy atom. The number of anilines is 2. The molecule has 2 aromatic rings. The fraction of sp³-hybridized carbons (Fsp3) is 0.250. The molecular formula is C12H16N4O3S. The molecule has 0 spiro atoms. The molecule has 0 amide bonds. The van der Waals surface area contributed by atoms with Gasteiger partial charge in [0.2, 0.25) is 0 Å². The Bertz CT molecular complexity index is 690. The Kier molecular flexibility index (Phi) is 3.84. The van der Waals surface area contributed by atoms with Crippen molar-refractivity contribution in [1.29, 1.82) is 0 Å². The van der Waals surface area contributed by atoms with Crippen LogP contribution in [0.2, 0.25) is 0 Å². The number of para-hydroxylation sites is 2. The lowest BCUT2D eigenvalue weighted by atomic mass is 10.3. The van der Waals surface area contributed by atoms with Gasteiger partial charge in [-0.25, -0.2) is 4.98 Å². The highest BCUT2D eigenvalue weighted by molar-refractivity contribution is 7.92. The number of aromatic nitrogens is 2. The number of sulfonamides is 1. The van der Waals surface area contributed by atoms with E-state index in [0.29, 0.717) is 18.0 Å². The number of rotatable bonds is 5. The van der Waals surface area contributed by atoms with E-state index in [2.05, 4.69) is 9.71 Å². The molecule has 7 nitrogen and oxygen atoms in total. The first-order valence-corrected chi connectivity index (χ1v) is 7.45. The van der Waals surface area contributed by atoms with Crippen molar-refractivity contribution >= 4 is 21.5 Å². The van der Waals surface area contributed by atoms with Gasteiger partial charge in [0.25, 0.3) is 10.0 Å². The summed E-state index contributed by atoms with van der Waals surface area (Å²) in [7, 11) is -2.26. The van der Waals surface area contributed by atoms with Gasteiger partial charge in [0.05, 0.1) is 18.6 Å². The van der Waals surface area contributed by atoms with Crippen LogP contribution in [-0.4, -0.2) is 24.6 Å². The molecule has 0 aliphatic heterocycles. The standard InChI is InChI=1S/C12H16N4O3S/c1-3-19-10-7-5-4-6-9(10)15-20(17,18)12-11(13)14-8-16(12)2/h4-8,15H,3,13H2,1-2H3. The summed E-state index contributed by atoms with van der Waals surface area (Å²) in [6.07, 6.45) is 1.35. The third kappa shape index (κ3) is 2.69. The van der Waals surface area contributed by atoms with Crippen LogP contribution in [0.25, 0.3) is 0 Å². The molecule has 20 heavy (non-hydrogen) atoms. The van der Waals surface area contributed by atoms with Crippen LogP contribution in [0.4, 0.5) is 11.5 Å². The average molecular weight is 296 g/mol. The van der Waals surface area contributed by atoms with E-state index in [1.165, 1.54) is 10.9 Å². The van der Waals surface area contributed by atoms with E-state index in [1.807, 2.05) is 6.92 Å². The van der Waals surface area contributed by atoms with E-state index in [0.717, 1.165) is 0 Å². The monoisotopic (exact) mass is 296 g/mol.